The number of methoxy groups -OCH3 is 1. The van der Waals surface area contributed by atoms with Crippen LogP contribution in [0, 0.1) is 10.1 Å². The molecule has 0 aliphatic heterocycles. The topological polar surface area (TPSA) is 87.3 Å². The molecule has 0 radical (unpaired) electrons. The van der Waals surface area contributed by atoms with Gasteiger partial charge in [0.15, 0.2) is 5.16 Å². The number of ether oxygens (including phenoxy) is 1. The van der Waals surface area contributed by atoms with Gasteiger partial charge in [0.25, 0.3) is 11.2 Å². The summed E-state index contributed by atoms with van der Waals surface area (Å²) in [5.74, 6) is 0.894. The van der Waals surface area contributed by atoms with E-state index in [9.17, 15) is 14.9 Å². The van der Waals surface area contributed by atoms with Crippen LogP contribution in [0.15, 0.2) is 82.7 Å². The van der Waals surface area contributed by atoms with Gasteiger partial charge in [-0.25, -0.2) is 4.98 Å². The van der Waals surface area contributed by atoms with Gasteiger partial charge in [-0.3, -0.25) is 19.5 Å². The number of hydrogen-bond acceptors (Lipinski definition) is 6. The third kappa shape index (κ3) is 3.77. The summed E-state index contributed by atoms with van der Waals surface area (Å²) >= 11 is 1.32. The summed E-state index contributed by atoms with van der Waals surface area (Å²) in [7, 11) is 1.52. The maximum atomic E-state index is 13.2. The highest BCUT2D eigenvalue weighted by molar-refractivity contribution is 7.98. The van der Waals surface area contributed by atoms with E-state index in [1.165, 1.54) is 31.0 Å². The monoisotopic (exact) mass is 419 g/mol. The molecule has 0 fully saturated rings. The number of aromatic nitrogens is 2. The van der Waals surface area contributed by atoms with Gasteiger partial charge in [0, 0.05) is 23.4 Å². The molecule has 0 atom stereocenters. The van der Waals surface area contributed by atoms with Crippen molar-refractivity contribution in [1.82, 2.24) is 9.55 Å². The lowest BCUT2D eigenvalue weighted by Gasteiger charge is -2.14. The highest BCUT2D eigenvalue weighted by atomic mass is 32.2. The zero-order valence-corrected chi connectivity index (χ0v) is 16.8. The van der Waals surface area contributed by atoms with E-state index < -0.39 is 4.92 Å². The first kappa shape index (κ1) is 19.7. The highest BCUT2D eigenvalue weighted by Gasteiger charge is 2.16. The Morgan fingerprint density at radius 1 is 1.07 bits per heavy atom. The Morgan fingerprint density at radius 3 is 2.53 bits per heavy atom. The molecule has 0 bridgehead atoms. The minimum Gasteiger partial charge on any atom is -0.496 e. The number of rotatable bonds is 6. The van der Waals surface area contributed by atoms with Crippen molar-refractivity contribution in [2.24, 2.45) is 0 Å². The maximum Gasteiger partial charge on any atom is 0.270 e. The van der Waals surface area contributed by atoms with Gasteiger partial charge in [0.2, 0.25) is 0 Å². The second-order valence-electron chi connectivity index (χ2n) is 6.43. The van der Waals surface area contributed by atoms with Gasteiger partial charge in [-0.15, -0.1) is 0 Å². The van der Waals surface area contributed by atoms with Crippen LogP contribution in [0.5, 0.6) is 5.75 Å². The summed E-state index contributed by atoms with van der Waals surface area (Å²) in [5.41, 5.74) is 1.77. The highest BCUT2D eigenvalue weighted by Crippen LogP contribution is 2.31. The molecule has 0 spiro atoms. The van der Waals surface area contributed by atoms with Gasteiger partial charge in [0.05, 0.1) is 28.6 Å². The number of nitrogens with zero attached hydrogens (tertiary/aromatic N) is 3. The second-order valence-corrected chi connectivity index (χ2v) is 7.37. The molecule has 0 amide bonds. The van der Waals surface area contributed by atoms with Crippen LogP contribution in [0.1, 0.15) is 5.56 Å². The van der Waals surface area contributed by atoms with Crippen molar-refractivity contribution in [2.75, 3.05) is 7.11 Å². The van der Waals surface area contributed by atoms with Crippen LogP contribution in [0.3, 0.4) is 0 Å². The van der Waals surface area contributed by atoms with Gasteiger partial charge in [-0.05, 0) is 30.3 Å². The fourth-order valence-corrected chi connectivity index (χ4v) is 4.14. The van der Waals surface area contributed by atoms with Crippen molar-refractivity contribution in [3.8, 4) is 11.4 Å². The molecular weight excluding hydrogens is 402 g/mol. The number of benzene rings is 3. The van der Waals surface area contributed by atoms with E-state index in [4.69, 9.17) is 9.72 Å². The van der Waals surface area contributed by atoms with Crippen LogP contribution in [0.2, 0.25) is 0 Å². The lowest BCUT2D eigenvalue weighted by atomic mass is 10.2. The fraction of sp³-hybridized carbons (Fsp3) is 0.0909. The molecule has 3 aromatic carbocycles. The van der Waals surface area contributed by atoms with Gasteiger partial charge in [0.1, 0.15) is 5.75 Å². The summed E-state index contributed by atoms with van der Waals surface area (Å²) in [6, 6.07) is 20.9. The Balaban J connectivity index is 1.81. The minimum absolute atomic E-state index is 0.0154. The van der Waals surface area contributed by atoms with Crippen molar-refractivity contribution in [3.63, 3.8) is 0 Å². The zero-order chi connectivity index (χ0) is 21.1. The molecule has 4 aromatic rings. The van der Waals surface area contributed by atoms with E-state index >= 15 is 0 Å². The smallest absolute Gasteiger partial charge is 0.270 e. The van der Waals surface area contributed by atoms with E-state index in [-0.39, 0.29) is 11.2 Å². The number of thioether (sulfide) groups is 1. The molecule has 1 aromatic heterocycles. The molecular formula is C22H17N3O4S. The van der Waals surface area contributed by atoms with Crippen LogP contribution in [0.4, 0.5) is 5.69 Å². The maximum absolute atomic E-state index is 13.2. The SMILES string of the molecule is COc1ccc([N+](=O)[O-])cc1CSc1nc2ccccc2c(=O)n1-c1ccccc1. The molecule has 150 valence electrons. The standard InChI is InChI=1S/C22H17N3O4S/c1-29-20-12-11-17(25(27)28)13-15(20)14-30-22-23-19-10-6-5-9-18(19)21(26)24(22)16-7-3-2-4-8-16/h2-13H,14H2,1H3. The second kappa shape index (κ2) is 8.38. The minimum atomic E-state index is -0.443. The molecule has 0 N–H and O–H groups in total. The lowest BCUT2D eigenvalue weighted by molar-refractivity contribution is -0.384. The van der Waals surface area contributed by atoms with Gasteiger partial charge >= 0.3 is 0 Å². The molecule has 8 heteroatoms. The van der Waals surface area contributed by atoms with Gasteiger partial charge < -0.3 is 4.74 Å². The first-order valence-corrected chi connectivity index (χ1v) is 10.1. The Labute approximate surface area is 176 Å². The number of nitro groups is 1. The average Bonchev–Trinajstić information content (AvgIpc) is 2.78. The number of hydrogen-bond donors (Lipinski definition) is 0. The number of nitro benzene ring substituents is 1. The molecule has 0 saturated heterocycles. The quantitative estimate of drug-likeness (QED) is 0.197. The van der Waals surface area contributed by atoms with Crippen LogP contribution in [0.25, 0.3) is 16.6 Å². The molecule has 1 heterocycles. The van der Waals surface area contributed by atoms with Gasteiger partial charge in [-0.2, -0.15) is 0 Å². The first-order chi connectivity index (χ1) is 14.6. The molecule has 0 saturated carbocycles. The van der Waals surface area contributed by atoms with Crippen LogP contribution in [-0.4, -0.2) is 21.6 Å². The van der Waals surface area contributed by atoms with Crippen molar-refractivity contribution in [3.05, 3.63) is 98.8 Å². The summed E-state index contributed by atoms with van der Waals surface area (Å²) in [5, 5.41) is 12.2. The van der Waals surface area contributed by atoms with E-state index in [1.807, 2.05) is 42.5 Å². The van der Waals surface area contributed by atoms with Crippen molar-refractivity contribution < 1.29 is 9.66 Å². The average molecular weight is 419 g/mol. The van der Waals surface area contributed by atoms with Crippen LogP contribution < -0.4 is 10.3 Å². The third-order valence-corrected chi connectivity index (χ3v) is 5.58. The van der Waals surface area contributed by atoms with Gasteiger partial charge in [-0.1, -0.05) is 42.1 Å². The van der Waals surface area contributed by atoms with E-state index in [0.29, 0.717) is 38.8 Å². The number of para-hydroxylation sites is 2. The summed E-state index contributed by atoms with van der Waals surface area (Å²) in [6.07, 6.45) is 0. The Kier molecular flexibility index (Phi) is 5.49. The molecule has 4 rings (SSSR count). The largest absolute Gasteiger partial charge is 0.496 e. The zero-order valence-electron chi connectivity index (χ0n) is 16.0. The van der Waals surface area contributed by atoms with E-state index in [0.717, 1.165) is 0 Å². The Bertz CT molecular complexity index is 1290. The molecule has 7 nitrogen and oxygen atoms in total. The normalized spacial score (nSPS) is 10.8. The molecule has 30 heavy (non-hydrogen) atoms. The predicted octanol–water partition coefficient (Wildman–Crippen LogP) is 4.59. The van der Waals surface area contributed by atoms with Crippen LogP contribution >= 0.6 is 11.8 Å². The van der Waals surface area contributed by atoms with E-state index in [2.05, 4.69) is 0 Å². The Morgan fingerprint density at radius 2 is 1.80 bits per heavy atom. The van der Waals surface area contributed by atoms with Crippen LogP contribution in [-0.2, 0) is 5.75 Å². The third-order valence-electron chi connectivity index (χ3n) is 4.59. The molecule has 0 aliphatic carbocycles. The summed E-state index contributed by atoms with van der Waals surface area (Å²) < 4.78 is 6.92. The molecule has 0 unspecified atom stereocenters. The Hall–Kier alpha value is -3.65. The van der Waals surface area contributed by atoms with E-state index in [1.54, 1.807) is 22.8 Å². The molecule has 0 aliphatic rings. The van der Waals surface area contributed by atoms with Crippen molar-refractivity contribution >= 4 is 28.4 Å². The predicted molar refractivity (Wildman–Crippen MR) is 117 cm³/mol. The lowest BCUT2D eigenvalue weighted by Crippen LogP contribution is -2.21. The fourth-order valence-electron chi connectivity index (χ4n) is 3.15. The summed E-state index contributed by atoms with van der Waals surface area (Å²) in [6.45, 7) is 0. The number of fused-ring (bicyclic) bond motifs is 1. The number of non-ortho nitro benzene ring substituents is 1. The first-order valence-electron chi connectivity index (χ1n) is 9.10. The summed E-state index contributed by atoms with van der Waals surface area (Å²) in [4.78, 5) is 28.6. The van der Waals surface area contributed by atoms with Crippen molar-refractivity contribution in [1.29, 1.82) is 0 Å². The van der Waals surface area contributed by atoms with Crippen molar-refractivity contribution in [2.45, 2.75) is 10.9 Å².